The molecule has 3 aliphatic heterocycles. The SMILES string of the molecule is C.CC1(C)O[C@@H]2[C@H](O1)[C@@H](COC(=O)NCCOCCOCCOCCN=[N+]=[N-])O[C@H]2n1cnc2c(N)ncnc21.[N-]=[N+]=NCCOCCOCCOCCNC(=O)OC[C@H]1O[C@@H](n2cnc3c(N)ncnc32)[C@H](O)[C@@H]1O. The topological polar surface area (TPSA) is 446 Å². The van der Waals surface area contributed by atoms with Gasteiger partial charge < -0.3 is 89.2 Å². The van der Waals surface area contributed by atoms with E-state index in [1.807, 2.05) is 13.8 Å². The fourth-order valence-electron chi connectivity index (χ4n) is 7.48. The highest BCUT2D eigenvalue weighted by Crippen LogP contribution is 2.44. The van der Waals surface area contributed by atoms with Crippen molar-refractivity contribution in [3.8, 4) is 0 Å². The zero-order valence-corrected chi connectivity index (χ0v) is 41.2. The first-order chi connectivity index (χ1) is 36.4. The number of nitrogens with zero attached hydrogens (tertiary/aromatic N) is 14. The molecule has 0 spiro atoms. The molecule has 4 aromatic rings. The van der Waals surface area contributed by atoms with Gasteiger partial charge in [-0.3, -0.25) is 9.13 Å². The maximum Gasteiger partial charge on any atom is 0.407 e. The van der Waals surface area contributed by atoms with Gasteiger partial charge in [0.05, 0.1) is 91.9 Å². The summed E-state index contributed by atoms with van der Waals surface area (Å²) in [6.45, 7) is 8.54. The summed E-state index contributed by atoms with van der Waals surface area (Å²) in [6, 6.07) is 0. The highest BCUT2D eigenvalue weighted by Gasteiger charge is 2.56. The molecule has 0 saturated carbocycles. The van der Waals surface area contributed by atoms with Crippen LogP contribution in [-0.2, 0) is 56.8 Å². The number of aliphatic hydroxyl groups is 2. The first-order valence-corrected chi connectivity index (χ1v) is 23.6. The van der Waals surface area contributed by atoms with E-state index in [4.69, 9.17) is 79.4 Å². The number of carbonyl (C=O) groups excluding carboxylic acids is 2. The first kappa shape index (κ1) is 60.2. The number of amides is 2. The fraction of sp³-hybridized carbons (Fsp3) is 0.714. The van der Waals surface area contributed by atoms with Crippen LogP contribution in [0, 0.1) is 0 Å². The van der Waals surface area contributed by atoms with E-state index < -0.39 is 67.1 Å². The number of anilines is 2. The second-order valence-corrected chi connectivity index (χ2v) is 16.5. The molecule has 0 aromatic carbocycles. The number of hydrogen-bond donors (Lipinski definition) is 6. The number of nitrogens with one attached hydrogen (secondary N) is 2. The average Bonchev–Trinajstić information content (AvgIpc) is 4.25. The van der Waals surface area contributed by atoms with Crippen molar-refractivity contribution in [3.63, 3.8) is 0 Å². The lowest BCUT2D eigenvalue weighted by Gasteiger charge is -2.24. The molecule has 3 aliphatic rings. The van der Waals surface area contributed by atoms with Gasteiger partial charge in [0.15, 0.2) is 41.2 Å². The van der Waals surface area contributed by atoms with E-state index in [2.05, 4.69) is 60.6 Å². The molecule has 0 aliphatic carbocycles. The zero-order valence-electron chi connectivity index (χ0n) is 41.2. The lowest BCUT2D eigenvalue weighted by Crippen LogP contribution is -2.36. The lowest BCUT2D eigenvalue weighted by atomic mass is 10.1. The van der Waals surface area contributed by atoms with Gasteiger partial charge in [-0.1, -0.05) is 17.7 Å². The third kappa shape index (κ3) is 17.7. The fourth-order valence-corrected chi connectivity index (χ4v) is 7.48. The minimum absolute atomic E-state index is 0. The van der Waals surface area contributed by atoms with Gasteiger partial charge in [0.2, 0.25) is 0 Å². The highest BCUT2D eigenvalue weighted by atomic mass is 16.8. The molecule has 8 atom stereocenters. The number of azide groups is 2. The summed E-state index contributed by atoms with van der Waals surface area (Å²) < 4.78 is 69.5. The molecular weight excluding hydrogens is 1010 g/mol. The number of aliphatic hydroxyl groups excluding tert-OH is 2. The number of nitrogen functional groups attached to an aromatic ring is 2. The highest BCUT2D eigenvalue weighted by molar-refractivity contribution is 5.82. The molecule has 0 unspecified atom stereocenters. The Labute approximate surface area is 434 Å². The smallest absolute Gasteiger partial charge is 0.407 e. The van der Waals surface area contributed by atoms with Crippen LogP contribution in [0.4, 0.5) is 21.2 Å². The van der Waals surface area contributed by atoms with Crippen LogP contribution in [-0.4, -0.2) is 223 Å². The van der Waals surface area contributed by atoms with Crippen LogP contribution in [0.3, 0.4) is 0 Å². The molecular formula is C42H66N18O16. The Kier molecular flexibility index (Phi) is 24.9. The molecule has 3 saturated heterocycles. The quantitative estimate of drug-likeness (QED) is 0.0181. The van der Waals surface area contributed by atoms with Crippen molar-refractivity contribution < 1.29 is 76.6 Å². The first-order valence-electron chi connectivity index (χ1n) is 23.6. The summed E-state index contributed by atoms with van der Waals surface area (Å²) in [5, 5.41) is 32.6. The third-order valence-corrected chi connectivity index (χ3v) is 10.9. The van der Waals surface area contributed by atoms with E-state index in [0.717, 1.165) is 0 Å². The van der Waals surface area contributed by atoms with Crippen LogP contribution >= 0.6 is 0 Å². The number of nitrogens with two attached hydrogens (primary N) is 2. The largest absolute Gasteiger partial charge is 0.447 e. The standard InChI is InChI=1S/C22H33N9O8.C19H29N9O8.CH4/c1-22(2)38-16-14(37-20(17(16)39-22)31-13-28-15-18(23)26-12-27-19(15)31)11-36-21(32)25-3-5-33-7-9-35-10-8-34-6-4-29-30-24;20-16-13-17(24-10-23-16)28(11-25-13)18-15(30)14(29)12(36-18)9-35-19(31)22-1-3-32-5-7-34-8-6-33-4-2-26-27-21;/h12-14,16-17,20H,3-11H2,1-2H3,(H,25,32)(H2,23,26,27);10-12,14-15,18,29-30H,1-9H2,(H,22,31)(H2,20,23,24);1H4/t14-,16-,17-,20-;12-,14-,15-,18-;/m11./s1. The summed E-state index contributed by atoms with van der Waals surface area (Å²) in [5.41, 5.74) is 29.6. The normalized spacial score (nSPS) is 22.2. The molecule has 8 N–H and O–H groups in total. The van der Waals surface area contributed by atoms with Crippen molar-refractivity contribution in [2.75, 3.05) is 130 Å². The predicted octanol–water partition coefficient (Wildman–Crippen LogP) is 0.662. The van der Waals surface area contributed by atoms with Crippen molar-refractivity contribution in [1.82, 2.24) is 49.7 Å². The summed E-state index contributed by atoms with van der Waals surface area (Å²) >= 11 is 0. The Balaban J connectivity index is 0.000000278. The molecule has 34 nitrogen and oxygen atoms in total. The van der Waals surface area contributed by atoms with Crippen molar-refractivity contribution in [2.45, 2.75) is 76.1 Å². The summed E-state index contributed by atoms with van der Waals surface area (Å²) in [5.74, 6) is -0.413. The molecule has 34 heteroatoms. The maximum absolute atomic E-state index is 12.2. The van der Waals surface area contributed by atoms with E-state index in [-0.39, 0.29) is 65.1 Å². The Morgan fingerprint density at radius 2 is 1.05 bits per heavy atom. The number of fused-ring (bicyclic) bond motifs is 3. The van der Waals surface area contributed by atoms with Crippen molar-refractivity contribution in [2.24, 2.45) is 10.2 Å². The molecule has 4 aromatic heterocycles. The Morgan fingerprint density at radius 1 is 0.632 bits per heavy atom. The summed E-state index contributed by atoms with van der Waals surface area (Å²) in [4.78, 5) is 54.0. The molecule has 2 amide bonds. The minimum Gasteiger partial charge on any atom is -0.447 e. The van der Waals surface area contributed by atoms with Crippen molar-refractivity contribution >= 4 is 46.1 Å². The second kappa shape index (κ2) is 31.4. The number of hydrogen-bond acceptors (Lipinski definition) is 26. The van der Waals surface area contributed by atoms with Gasteiger partial charge in [-0.25, -0.2) is 39.5 Å². The van der Waals surface area contributed by atoms with Crippen LogP contribution in [0.25, 0.3) is 43.2 Å². The van der Waals surface area contributed by atoms with Gasteiger partial charge in [0.1, 0.15) is 73.5 Å². The number of alkyl carbamates (subject to hydrolysis) is 2. The third-order valence-electron chi connectivity index (χ3n) is 10.9. The molecule has 3 fully saturated rings. The van der Waals surface area contributed by atoms with Gasteiger partial charge in [-0.15, -0.1) is 0 Å². The zero-order chi connectivity index (χ0) is 53.4. The van der Waals surface area contributed by atoms with Crippen LogP contribution in [0.5, 0.6) is 0 Å². The molecule has 7 rings (SSSR count). The maximum atomic E-state index is 12.2. The van der Waals surface area contributed by atoms with E-state index in [1.165, 1.54) is 23.5 Å². The van der Waals surface area contributed by atoms with Gasteiger partial charge in [-0.05, 0) is 24.9 Å². The monoisotopic (exact) mass is 1080 g/mol. The van der Waals surface area contributed by atoms with Gasteiger partial charge in [-0.2, -0.15) is 0 Å². The van der Waals surface area contributed by atoms with Crippen LogP contribution < -0.4 is 22.1 Å². The van der Waals surface area contributed by atoms with Gasteiger partial charge >= 0.3 is 12.2 Å². The average molecular weight is 1080 g/mol. The predicted molar refractivity (Wildman–Crippen MR) is 262 cm³/mol. The Bertz CT molecular complexity index is 2500. The lowest BCUT2D eigenvalue weighted by molar-refractivity contribution is -0.199. The number of ether oxygens (including phenoxy) is 12. The summed E-state index contributed by atoms with van der Waals surface area (Å²) in [7, 11) is 0. The van der Waals surface area contributed by atoms with E-state index in [9.17, 15) is 19.8 Å². The van der Waals surface area contributed by atoms with Crippen molar-refractivity contribution in [1.29, 1.82) is 0 Å². The Hall–Kier alpha value is -6.62. The van der Waals surface area contributed by atoms with Crippen LogP contribution in [0.15, 0.2) is 35.5 Å². The van der Waals surface area contributed by atoms with Crippen LogP contribution in [0.1, 0.15) is 33.7 Å². The molecule has 420 valence electrons. The van der Waals surface area contributed by atoms with E-state index in [1.54, 1.807) is 10.9 Å². The van der Waals surface area contributed by atoms with Gasteiger partial charge in [0.25, 0.3) is 0 Å². The second-order valence-electron chi connectivity index (χ2n) is 16.5. The Morgan fingerprint density at radius 3 is 1.54 bits per heavy atom. The van der Waals surface area contributed by atoms with E-state index >= 15 is 0 Å². The number of imidazole rings is 2. The molecule has 76 heavy (non-hydrogen) atoms. The number of rotatable bonds is 30. The van der Waals surface area contributed by atoms with Gasteiger partial charge in [0, 0.05) is 36.0 Å². The molecule has 0 radical (unpaired) electrons. The molecule has 7 heterocycles. The minimum atomic E-state index is -1.31. The number of aromatic nitrogens is 8. The van der Waals surface area contributed by atoms with E-state index in [0.29, 0.717) is 94.9 Å². The molecule has 0 bridgehead atoms. The summed E-state index contributed by atoms with van der Waals surface area (Å²) in [6.07, 6.45) is -2.54. The van der Waals surface area contributed by atoms with Crippen molar-refractivity contribution in [3.05, 3.63) is 46.2 Å². The number of carbonyl (C=O) groups is 2. The van der Waals surface area contributed by atoms with Crippen LogP contribution in [0.2, 0.25) is 0 Å².